The molecule has 1 aliphatic heterocycles. The van der Waals surface area contributed by atoms with Crippen LogP contribution in [-0.4, -0.2) is 42.5 Å². The average Bonchev–Trinajstić information content (AvgIpc) is 3.28. The highest BCUT2D eigenvalue weighted by Crippen LogP contribution is 2.22. The summed E-state index contributed by atoms with van der Waals surface area (Å²) in [5.74, 6) is 1.47. The summed E-state index contributed by atoms with van der Waals surface area (Å²) in [5, 5.41) is 7.09. The van der Waals surface area contributed by atoms with E-state index in [9.17, 15) is 9.59 Å². The first-order valence-corrected chi connectivity index (χ1v) is 8.71. The number of rotatable bonds is 7. The number of ether oxygens (including phenoxy) is 1. The number of nitrogens with one attached hydrogen (secondary N) is 1. The molecular formula is C18H24N4O4. The van der Waals surface area contributed by atoms with Crippen LogP contribution in [0.4, 0.5) is 5.69 Å². The predicted octanol–water partition coefficient (Wildman–Crippen LogP) is 0.934. The molecular weight excluding hydrogens is 336 g/mol. The second-order valence-corrected chi connectivity index (χ2v) is 6.43. The third kappa shape index (κ3) is 4.32. The van der Waals surface area contributed by atoms with Crippen LogP contribution in [0.3, 0.4) is 0 Å². The lowest BCUT2D eigenvalue weighted by Crippen LogP contribution is -2.33. The Labute approximate surface area is 151 Å². The van der Waals surface area contributed by atoms with Crippen molar-refractivity contribution in [2.24, 2.45) is 5.92 Å². The van der Waals surface area contributed by atoms with Gasteiger partial charge in [0, 0.05) is 26.3 Å². The van der Waals surface area contributed by atoms with E-state index in [1.165, 1.54) is 4.68 Å². The number of carbonyl (C=O) groups excluding carboxylic acids is 1. The minimum Gasteiger partial charge on any atom is -0.465 e. The van der Waals surface area contributed by atoms with E-state index in [4.69, 9.17) is 9.15 Å². The number of amides is 1. The molecule has 1 aliphatic rings. The number of anilines is 1. The quantitative estimate of drug-likeness (QED) is 0.790. The molecule has 1 fully saturated rings. The molecule has 140 valence electrons. The summed E-state index contributed by atoms with van der Waals surface area (Å²) in [5.41, 5.74) is 0.585. The molecule has 3 heterocycles. The second kappa shape index (κ2) is 8.18. The van der Waals surface area contributed by atoms with Gasteiger partial charge < -0.3 is 19.4 Å². The summed E-state index contributed by atoms with van der Waals surface area (Å²) in [6, 6.07) is 5.30. The van der Waals surface area contributed by atoms with Crippen LogP contribution in [0.15, 0.2) is 33.6 Å². The SMILES string of the molecule is COCCn1ncc(N2CCC(C(=O)NCc3ccc(C)o3)C2)cc1=O. The van der Waals surface area contributed by atoms with Gasteiger partial charge in [-0.1, -0.05) is 0 Å². The molecule has 8 heteroatoms. The summed E-state index contributed by atoms with van der Waals surface area (Å²) < 4.78 is 11.8. The Morgan fingerprint density at radius 2 is 2.31 bits per heavy atom. The molecule has 0 spiro atoms. The van der Waals surface area contributed by atoms with Gasteiger partial charge in [0.05, 0.1) is 37.5 Å². The normalized spacial score (nSPS) is 16.8. The Balaban J connectivity index is 1.55. The minimum atomic E-state index is -0.166. The summed E-state index contributed by atoms with van der Waals surface area (Å²) in [6.07, 6.45) is 2.42. The molecule has 0 aromatic carbocycles. The lowest BCUT2D eigenvalue weighted by Gasteiger charge is -2.18. The molecule has 1 saturated heterocycles. The van der Waals surface area contributed by atoms with Gasteiger partial charge in [-0.05, 0) is 25.5 Å². The summed E-state index contributed by atoms with van der Waals surface area (Å²) >= 11 is 0. The standard InChI is InChI=1S/C18H24N4O4/c1-13-3-4-16(26-13)11-19-18(24)14-5-6-21(12-14)15-9-17(23)22(20-10-15)7-8-25-2/h3-4,9-10,14H,5-8,11-12H2,1-2H3,(H,19,24). The molecule has 1 unspecified atom stereocenters. The van der Waals surface area contributed by atoms with Crippen LogP contribution in [0.2, 0.25) is 0 Å². The van der Waals surface area contributed by atoms with Gasteiger partial charge in [0.1, 0.15) is 11.5 Å². The average molecular weight is 360 g/mol. The Morgan fingerprint density at radius 1 is 1.46 bits per heavy atom. The smallest absolute Gasteiger partial charge is 0.268 e. The minimum absolute atomic E-state index is 0.00273. The van der Waals surface area contributed by atoms with Crippen LogP contribution in [0, 0.1) is 12.8 Å². The number of hydrogen-bond acceptors (Lipinski definition) is 6. The zero-order valence-corrected chi connectivity index (χ0v) is 15.1. The van der Waals surface area contributed by atoms with Crippen LogP contribution in [0.1, 0.15) is 17.9 Å². The van der Waals surface area contributed by atoms with E-state index in [0.29, 0.717) is 26.2 Å². The number of aryl methyl sites for hydroxylation is 1. The Kier molecular flexibility index (Phi) is 5.72. The molecule has 0 saturated carbocycles. The molecule has 0 aliphatic carbocycles. The van der Waals surface area contributed by atoms with Gasteiger partial charge in [-0.3, -0.25) is 9.59 Å². The van der Waals surface area contributed by atoms with E-state index in [1.54, 1.807) is 19.4 Å². The third-order valence-corrected chi connectivity index (χ3v) is 4.52. The van der Waals surface area contributed by atoms with Gasteiger partial charge in [0.25, 0.3) is 5.56 Å². The van der Waals surface area contributed by atoms with Crippen molar-refractivity contribution in [2.45, 2.75) is 26.4 Å². The summed E-state index contributed by atoms with van der Waals surface area (Å²) in [4.78, 5) is 26.5. The monoisotopic (exact) mass is 360 g/mol. The molecule has 2 aromatic heterocycles. The van der Waals surface area contributed by atoms with Gasteiger partial charge in [-0.15, -0.1) is 0 Å². The fraction of sp³-hybridized carbons (Fsp3) is 0.500. The van der Waals surface area contributed by atoms with E-state index >= 15 is 0 Å². The van der Waals surface area contributed by atoms with Gasteiger partial charge in [-0.25, -0.2) is 4.68 Å². The predicted molar refractivity (Wildman–Crippen MR) is 96.0 cm³/mol. The molecule has 1 amide bonds. The fourth-order valence-corrected chi connectivity index (χ4v) is 3.05. The van der Waals surface area contributed by atoms with Crippen molar-refractivity contribution in [3.05, 3.63) is 46.3 Å². The molecule has 1 N–H and O–H groups in total. The van der Waals surface area contributed by atoms with E-state index in [2.05, 4.69) is 10.4 Å². The van der Waals surface area contributed by atoms with Crippen molar-refractivity contribution in [1.29, 1.82) is 0 Å². The summed E-state index contributed by atoms with van der Waals surface area (Å²) in [7, 11) is 1.59. The van der Waals surface area contributed by atoms with E-state index in [0.717, 1.165) is 30.2 Å². The highest BCUT2D eigenvalue weighted by Gasteiger charge is 2.28. The first-order valence-electron chi connectivity index (χ1n) is 8.71. The first kappa shape index (κ1) is 18.2. The van der Waals surface area contributed by atoms with Gasteiger partial charge >= 0.3 is 0 Å². The molecule has 0 radical (unpaired) electrons. The zero-order valence-electron chi connectivity index (χ0n) is 15.1. The van der Waals surface area contributed by atoms with Crippen molar-refractivity contribution in [3.63, 3.8) is 0 Å². The zero-order chi connectivity index (χ0) is 18.5. The lowest BCUT2D eigenvalue weighted by atomic mass is 10.1. The lowest BCUT2D eigenvalue weighted by molar-refractivity contribution is -0.124. The number of furan rings is 1. The van der Waals surface area contributed by atoms with Crippen LogP contribution < -0.4 is 15.8 Å². The van der Waals surface area contributed by atoms with Gasteiger partial charge in [0.2, 0.25) is 5.91 Å². The maximum Gasteiger partial charge on any atom is 0.268 e. The number of nitrogens with zero attached hydrogens (tertiary/aromatic N) is 3. The van der Waals surface area contributed by atoms with Crippen LogP contribution in [0.5, 0.6) is 0 Å². The van der Waals surface area contributed by atoms with Crippen molar-refractivity contribution in [1.82, 2.24) is 15.1 Å². The topological polar surface area (TPSA) is 89.6 Å². The van der Waals surface area contributed by atoms with Gasteiger partial charge in [0.15, 0.2) is 0 Å². The second-order valence-electron chi connectivity index (χ2n) is 6.43. The third-order valence-electron chi connectivity index (χ3n) is 4.52. The number of aromatic nitrogens is 2. The van der Waals surface area contributed by atoms with Crippen LogP contribution >= 0.6 is 0 Å². The largest absolute Gasteiger partial charge is 0.465 e. The molecule has 2 aromatic rings. The van der Waals surface area contributed by atoms with E-state index in [1.807, 2.05) is 24.0 Å². The molecule has 1 atom stereocenters. The Morgan fingerprint density at radius 3 is 3.00 bits per heavy atom. The van der Waals surface area contributed by atoms with Gasteiger partial charge in [-0.2, -0.15) is 5.10 Å². The maximum absolute atomic E-state index is 12.4. The first-order chi connectivity index (χ1) is 12.6. The molecule has 3 rings (SSSR count). The number of methoxy groups -OCH3 is 1. The fourth-order valence-electron chi connectivity index (χ4n) is 3.05. The molecule has 0 bridgehead atoms. The molecule has 8 nitrogen and oxygen atoms in total. The van der Waals surface area contributed by atoms with E-state index < -0.39 is 0 Å². The number of hydrogen-bond donors (Lipinski definition) is 1. The summed E-state index contributed by atoms with van der Waals surface area (Å²) in [6.45, 7) is 4.42. The number of carbonyl (C=O) groups is 1. The highest BCUT2D eigenvalue weighted by atomic mass is 16.5. The van der Waals surface area contributed by atoms with Crippen molar-refractivity contribution < 1.29 is 13.9 Å². The van der Waals surface area contributed by atoms with Crippen LogP contribution in [0.25, 0.3) is 0 Å². The molecule has 26 heavy (non-hydrogen) atoms. The maximum atomic E-state index is 12.4. The Bertz CT molecular complexity index is 814. The Hall–Kier alpha value is -2.61. The van der Waals surface area contributed by atoms with E-state index in [-0.39, 0.29) is 17.4 Å². The van der Waals surface area contributed by atoms with Crippen molar-refractivity contribution >= 4 is 11.6 Å². The van der Waals surface area contributed by atoms with Crippen molar-refractivity contribution in [3.8, 4) is 0 Å². The highest BCUT2D eigenvalue weighted by molar-refractivity contribution is 5.80. The van der Waals surface area contributed by atoms with Crippen molar-refractivity contribution in [2.75, 3.05) is 31.7 Å². The van der Waals surface area contributed by atoms with Crippen LogP contribution in [-0.2, 0) is 22.6 Å².